The first-order valence-electron chi connectivity index (χ1n) is 9.33. The van der Waals surface area contributed by atoms with Gasteiger partial charge in [0.25, 0.3) is 0 Å². The molecule has 1 aliphatic heterocycles. The number of ether oxygens (including phenoxy) is 2. The van der Waals surface area contributed by atoms with Crippen LogP contribution in [0.2, 0.25) is 10.0 Å². The van der Waals surface area contributed by atoms with Crippen LogP contribution >= 0.6 is 34.5 Å². The van der Waals surface area contributed by atoms with Crippen LogP contribution in [0, 0.1) is 11.3 Å². The van der Waals surface area contributed by atoms with Gasteiger partial charge in [0.15, 0.2) is 5.82 Å². The number of morpholine rings is 1. The second-order valence-electron chi connectivity index (χ2n) is 6.78. The van der Waals surface area contributed by atoms with Crippen LogP contribution in [0.5, 0.6) is 0 Å². The molecule has 1 unspecified atom stereocenters. The molecule has 4 rings (SSSR count). The van der Waals surface area contributed by atoms with E-state index in [-0.39, 0.29) is 18.5 Å². The summed E-state index contributed by atoms with van der Waals surface area (Å²) in [5.74, 6) is 0.197. The molecule has 1 aromatic carbocycles. The third-order valence-corrected chi connectivity index (χ3v) is 6.69. The number of aromatic nitrogens is 3. The van der Waals surface area contributed by atoms with Crippen molar-refractivity contribution in [1.82, 2.24) is 15.2 Å². The lowest BCUT2D eigenvalue weighted by atomic mass is 10.0. The molecule has 1 atom stereocenters. The summed E-state index contributed by atoms with van der Waals surface area (Å²) in [5.41, 5.74) is 1.81. The van der Waals surface area contributed by atoms with Gasteiger partial charge < -0.3 is 14.4 Å². The van der Waals surface area contributed by atoms with Gasteiger partial charge in [0.05, 0.1) is 36.7 Å². The first kappa shape index (κ1) is 21.6. The smallest absolute Gasteiger partial charge is 0.308 e. The van der Waals surface area contributed by atoms with Gasteiger partial charge in [-0.1, -0.05) is 29.3 Å². The molecule has 1 saturated heterocycles. The molecule has 0 bridgehead atoms. The second kappa shape index (κ2) is 9.24. The van der Waals surface area contributed by atoms with E-state index in [4.69, 9.17) is 32.7 Å². The number of carbonyl (C=O) groups excluding carboxylic acids is 1. The Labute approximate surface area is 192 Å². The van der Waals surface area contributed by atoms with Crippen molar-refractivity contribution in [2.75, 3.05) is 31.7 Å². The second-order valence-corrected chi connectivity index (χ2v) is 8.62. The highest BCUT2D eigenvalue weighted by Crippen LogP contribution is 2.48. The van der Waals surface area contributed by atoms with Crippen molar-refractivity contribution in [2.24, 2.45) is 0 Å². The Hall–Kier alpha value is -2.64. The van der Waals surface area contributed by atoms with Crippen LogP contribution in [-0.2, 0) is 14.3 Å². The molecule has 1 N–H and O–H groups in total. The minimum Gasteiger partial charge on any atom is -0.469 e. The monoisotopic (exact) mass is 477 g/mol. The molecule has 31 heavy (non-hydrogen) atoms. The molecule has 2 aromatic heterocycles. The number of methoxy groups -OCH3 is 1. The summed E-state index contributed by atoms with van der Waals surface area (Å²) in [6.07, 6.45) is 1.23. The maximum atomic E-state index is 11.7. The lowest BCUT2D eigenvalue weighted by molar-refractivity contribution is -0.144. The highest BCUT2D eigenvalue weighted by atomic mass is 35.5. The average molecular weight is 478 g/mol. The first-order chi connectivity index (χ1) is 15.0. The van der Waals surface area contributed by atoms with Crippen LogP contribution in [0.15, 0.2) is 24.5 Å². The number of rotatable bonds is 5. The molecule has 0 aliphatic carbocycles. The highest BCUT2D eigenvalue weighted by Gasteiger charge is 2.30. The Kier molecular flexibility index (Phi) is 6.43. The molecule has 3 heterocycles. The van der Waals surface area contributed by atoms with Gasteiger partial charge in [-0.15, -0.1) is 11.3 Å². The number of esters is 1. The van der Waals surface area contributed by atoms with Gasteiger partial charge in [0.2, 0.25) is 0 Å². The number of aromatic amines is 1. The van der Waals surface area contributed by atoms with Crippen LogP contribution in [-0.4, -0.2) is 54.1 Å². The molecule has 0 spiro atoms. The minimum absolute atomic E-state index is 0.144. The highest BCUT2D eigenvalue weighted by molar-refractivity contribution is 7.20. The summed E-state index contributed by atoms with van der Waals surface area (Å²) in [6.45, 7) is 1.46. The van der Waals surface area contributed by atoms with Crippen molar-refractivity contribution < 1.29 is 14.3 Å². The molecule has 0 radical (unpaired) electrons. The normalized spacial score (nSPS) is 16.2. The van der Waals surface area contributed by atoms with E-state index in [1.165, 1.54) is 24.8 Å². The number of anilines is 1. The van der Waals surface area contributed by atoms with Crippen molar-refractivity contribution in [3.63, 3.8) is 0 Å². The molecule has 160 valence electrons. The number of nitriles is 1. The Balaban J connectivity index is 1.81. The summed E-state index contributed by atoms with van der Waals surface area (Å²) in [4.78, 5) is 18.8. The third kappa shape index (κ3) is 4.38. The Bertz CT molecular complexity index is 1140. The summed E-state index contributed by atoms with van der Waals surface area (Å²) in [5, 5.41) is 18.6. The zero-order chi connectivity index (χ0) is 22.0. The molecule has 0 saturated carbocycles. The van der Waals surface area contributed by atoms with E-state index in [2.05, 4.69) is 21.3 Å². The van der Waals surface area contributed by atoms with Crippen molar-refractivity contribution in [2.45, 2.75) is 12.5 Å². The zero-order valence-corrected chi connectivity index (χ0v) is 18.7. The standard InChI is InChI=1S/C20H17Cl2N5O3S/c1-29-16(28)7-12-9-27(4-5-30-12)20-14(8-23)17(13-3-2-11(21)6-15(13)22)18(31-20)19-24-10-25-26-19/h2-3,6,10,12H,4-5,7,9H2,1H3,(H,24,25,26). The fourth-order valence-electron chi connectivity index (χ4n) is 3.47. The summed E-state index contributed by atoms with van der Waals surface area (Å²) in [7, 11) is 1.35. The molecular weight excluding hydrogens is 461 g/mol. The van der Waals surface area contributed by atoms with Gasteiger partial charge in [-0.2, -0.15) is 10.4 Å². The SMILES string of the molecule is COC(=O)CC1CN(c2sc(-c3ncn[nH]3)c(-c3ccc(Cl)cc3Cl)c2C#N)CCO1. The lowest BCUT2D eigenvalue weighted by Crippen LogP contribution is -2.43. The Morgan fingerprint density at radius 2 is 2.32 bits per heavy atom. The van der Waals surface area contributed by atoms with Crippen LogP contribution in [0.25, 0.3) is 21.8 Å². The summed E-state index contributed by atoms with van der Waals surface area (Å²) < 4.78 is 10.5. The number of thiophene rings is 1. The fourth-order valence-corrected chi connectivity index (χ4v) is 5.22. The van der Waals surface area contributed by atoms with E-state index < -0.39 is 0 Å². The molecule has 8 nitrogen and oxygen atoms in total. The van der Waals surface area contributed by atoms with E-state index in [9.17, 15) is 10.1 Å². The molecule has 11 heteroatoms. The van der Waals surface area contributed by atoms with Gasteiger partial charge in [-0.3, -0.25) is 9.89 Å². The van der Waals surface area contributed by atoms with Gasteiger partial charge >= 0.3 is 5.97 Å². The van der Waals surface area contributed by atoms with Crippen LogP contribution in [0.3, 0.4) is 0 Å². The maximum absolute atomic E-state index is 11.7. The number of hydrogen-bond donors (Lipinski definition) is 1. The van der Waals surface area contributed by atoms with E-state index >= 15 is 0 Å². The molecule has 0 amide bonds. The van der Waals surface area contributed by atoms with Crippen LogP contribution in [0.4, 0.5) is 5.00 Å². The van der Waals surface area contributed by atoms with Crippen LogP contribution in [0.1, 0.15) is 12.0 Å². The molecular formula is C20H17Cl2N5O3S. The predicted octanol–water partition coefficient (Wildman–Crippen LogP) is 4.15. The van der Waals surface area contributed by atoms with Gasteiger partial charge in [-0.25, -0.2) is 4.98 Å². The van der Waals surface area contributed by atoms with E-state index in [1.54, 1.807) is 18.2 Å². The number of H-pyrrole nitrogens is 1. The quantitative estimate of drug-likeness (QED) is 0.550. The lowest BCUT2D eigenvalue weighted by Gasteiger charge is -2.33. The van der Waals surface area contributed by atoms with E-state index in [1.807, 2.05) is 4.90 Å². The van der Waals surface area contributed by atoms with E-state index in [0.717, 1.165) is 9.88 Å². The van der Waals surface area contributed by atoms with Crippen LogP contribution < -0.4 is 4.90 Å². The molecule has 3 aromatic rings. The van der Waals surface area contributed by atoms with Crippen molar-refractivity contribution in [1.29, 1.82) is 5.26 Å². The number of benzene rings is 1. The van der Waals surface area contributed by atoms with Crippen molar-refractivity contribution >= 4 is 45.5 Å². The first-order valence-corrected chi connectivity index (χ1v) is 10.9. The van der Waals surface area contributed by atoms with Gasteiger partial charge in [0, 0.05) is 34.3 Å². The van der Waals surface area contributed by atoms with Crippen molar-refractivity contribution in [3.05, 3.63) is 40.1 Å². The predicted molar refractivity (Wildman–Crippen MR) is 118 cm³/mol. The zero-order valence-electron chi connectivity index (χ0n) is 16.4. The average Bonchev–Trinajstić information content (AvgIpc) is 3.41. The summed E-state index contributed by atoms with van der Waals surface area (Å²) in [6, 6.07) is 7.49. The van der Waals surface area contributed by atoms with Gasteiger partial charge in [0.1, 0.15) is 17.4 Å². The van der Waals surface area contributed by atoms with Crippen molar-refractivity contribution in [3.8, 4) is 27.9 Å². The summed E-state index contributed by atoms with van der Waals surface area (Å²) >= 11 is 14.0. The molecule has 1 fully saturated rings. The maximum Gasteiger partial charge on any atom is 0.308 e. The van der Waals surface area contributed by atoms with E-state index in [0.29, 0.717) is 52.3 Å². The third-order valence-electron chi connectivity index (χ3n) is 4.88. The van der Waals surface area contributed by atoms with Gasteiger partial charge in [-0.05, 0) is 12.1 Å². The largest absolute Gasteiger partial charge is 0.469 e. The fraction of sp³-hybridized carbons (Fsp3) is 0.300. The number of carbonyl (C=O) groups is 1. The number of hydrogen-bond acceptors (Lipinski definition) is 8. The molecule has 1 aliphatic rings. The Morgan fingerprint density at radius 3 is 3.00 bits per heavy atom. The topological polar surface area (TPSA) is 104 Å². The number of nitrogens with zero attached hydrogens (tertiary/aromatic N) is 4. The number of halogens is 2. The Morgan fingerprint density at radius 1 is 1.48 bits per heavy atom. The minimum atomic E-state index is -0.338. The number of nitrogens with one attached hydrogen (secondary N) is 1.